The summed E-state index contributed by atoms with van der Waals surface area (Å²) >= 11 is 0. The Labute approximate surface area is 197 Å². The number of fused-ring (bicyclic) bond motifs is 2. The molecule has 2 aromatic heterocycles. The minimum atomic E-state index is -0.648. The third kappa shape index (κ3) is 3.84. The Balaban J connectivity index is 1.50. The van der Waals surface area contributed by atoms with Crippen LogP contribution in [0.15, 0.2) is 48.8 Å². The number of nitrogens with one attached hydrogen (secondary N) is 2. The summed E-state index contributed by atoms with van der Waals surface area (Å²) in [6.45, 7) is 6.16. The maximum absolute atomic E-state index is 12.1. The van der Waals surface area contributed by atoms with Crippen LogP contribution in [-0.4, -0.2) is 36.9 Å². The first kappa shape index (κ1) is 21.8. The Morgan fingerprint density at radius 3 is 2.79 bits per heavy atom. The average Bonchev–Trinajstić information content (AvgIpc) is 3.34. The van der Waals surface area contributed by atoms with Crippen LogP contribution in [0.1, 0.15) is 53.0 Å². The van der Waals surface area contributed by atoms with Crippen molar-refractivity contribution in [3.05, 3.63) is 71.0 Å². The zero-order valence-electron chi connectivity index (χ0n) is 19.3. The highest BCUT2D eigenvalue weighted by Crippen LogP contribution is 2.35. The fraction of sp³-hybridized carbons (Fsp3) is 0.280. The molecule has 5 rings (SSSR count). The van der Waals surface area contributed by atoms with E-state index >= 15 is 0 Å². The van der Waals surface area contributed by atoms with Gasteiger partial charge in [-0.1, -0.05) is 24.3 Å². The second-order valence-corrected chi connectivity index (χ2v) is 8.95. The van der Waals surface area contributed by atoms with E-state index < -0.39 is 18.1 Å². The molecule has 2 aromatic carbocycles. The lowest BCUT2D eigenvalue weighted by Crippen LogP contribution is -2.24. The molecule has 5 N–H and O–H groups in total. The van der Waals surface area contributed by atoms with Gasteiger partial charge >= 0.3 is 0 Å². The number of aromatic nitrogens is 4. The number of carbonyl (C=O) groups excluding carboxylic acids is 1. The van der Waals surface area contributed by atoms with E-state index in [0.29, 0.717) is 12.4 Å². The van der Waals surface area contributed by atoms with Gasteiger partial charge in [0.1, 0.15) is 5.82 Å². The Kier molecular flexibility index (Phi) is 5.41. The van der Waals surface area contributed by atoms with E-state index in [2.05, 4.69) is 45.6 Å². The number of benzene rings is 2. The molecule has 0 radical (unpaired) electrons. The Hall–Kier alpha value is -3.98. The summed E-state index contributed by atoms with van der Waals surface area (Å²) in [4.78, 5) is 20.9. The first-order valence-electron chi connectivity index (χ1n) is 11.3. The van der Waals surface area contributed by atoms with Crippen LogP contribution in [0, 0.1) is 6.92 Å². The van der Waals surface area contributed by atoms with Crippen molar-refractivity contribution in [2.24, 2.45) is 5.73 Å². The quantitative estimate of drug-likeness (QED) is 0.348. The molecule has 0 bridgehead atoms. The van der Waals surface area contributed by atoms with E-state index in [1.54, 1.807) is 0 Å². The lowest BCUT2D eigenvalue weighted by atomic mass is 10.1. The maximum Gasteiger partial charge on any atom is 0.254 e. The van der Waals surface area contributed by atoms with Crippen LogP contribution in [0.2, 0.25) is 0 Å². The number of nitrogens with zero attached hydrogens (tertiary/aromatic N) is 4. The van der Waals surface area contributed by atoms with E-state index in [-0.39, 0.29) is 17.4 Å². The van der Waals surface area contributed by atoms with Gasteiger partial charge in [0, 0.05) is 29.7 Å². The number of rotatable bonds is 6. The molecule has 0 aliphatic heterocycles. The maximum atomic E-state index is 12.1. The fourth-order valence-corrected chi connectivity index (χ4v) is 4.50. The van der Waals surface area contributed by atoms with Gasteiger partial charge in [-0.25, -0.2) is 4.98 Å². The van der Waals surface area contributed by atoms with E-state index in [4.69, 9.17) is 5.73 Å². The summed E-state index contributed by atoms with van der Waals surface area (Å²) in [5.74, 6) is -0.0590. The average molecular weight is 458 g/mol. The second kappa shape index (κ2) is 8.42. The number of anilines is 3. The zero-order valence-corrected chi connectivity index (χ0v) is 19.3. The fourth-order valence-electron chi connectivity index (χ4n) is 4.50. The van der Waals surface area contributed by atoms with Crippen LogP contribution >= 0.6 is 0 Å². The van der Waals surface area contributed by atoms with Crippen LogP contribution in [0.3, 0.4) is 0 Å². The standard InChI is InChI=1S/C25H27N7O2/c1-13(2)32-20-10-19(14(3)8-16(20)11-28-32)29-25-27-12-18(23(26)34)24(31-25)30-22-17-7-5-4-6-15(17)9-21(22)33/h4-8,10-13,21-22,33H,9H2,1-3H3,(H2,26,34)(H2,27,29,30,31)/t21-,22+/m1/s1. The third-order valence-electron chi connectivity index (χ3n) is 6.23. The molecular formula is C25H27N7O2. The summed E-state index contributed by atoms with van der Waals surface area (Å²) < 4.78 is 1.96. The molecule has 9 heteroatoms. The minimum absolute atomic E-state index is 0.159. The topological polar surface area (TPSA) is 131 Å². The van der Waals surface area contributed by atoms with E-state index in [1.165, 1.54) is 6.20 Å². The highest BCUT2D eigenvalue weighted by atomic mass is 16.3. The molecule has 1 amide bonds. The SMILES string of the molecule is Cc1cc2cnn(C(C)C)c2cc1Nc1ncc(C(N)=O)c(N[C@H]2c3ccccc3C[C@H]2O)n1. The monoisotopic (exact) mass is 457 g/mol. The van der Waals surface area contributed by atoms with Crippen LogP contribution in [0.5, 0.6) is 0 Å². The summed E-state index contributed by atoms with van der Waals surface area (Å²) in [6.07, 6.45) is 3.14. The first-order valence-corrected chi connectivity index (χ1v) is 11.3. The summed E-state index contributed by atoms with van der Waals surface area (Å²) in [5, 5.41) is 22.7. The van der Waals surface area contributed by atoms with Gasteiger partial charge in [0.15, 0.2) is 0 Å². The lowest BCUT2D eigenvalue weighted by Gasteiger charge is -2.20. The summed E-state index contributed by atoms with van der Waals surface area (Å²) in [5.41, 5.74) is 10.6. The summed E-state index contributed by atoms with van der Waals surface area (Å²) in [6, 6.07) is 11.7. The van der Waals surface area contributed by atoms with Crippen molar-refractivity contribution < 1.29 is 9.90 Å². The smallest absolute Gasteiger partial charge is 0.254 e. The Bertz CT molecular complexity index is 1400. The first-order chi connectivity index (χ1) is 16.3. The molecule has 34 heavy (non-hydrogen) atoms. The third-order valence-corrected chi connectivity index (χ3v) is 6.23. The number of aliphatic hydroxyl groups excluding tert-OH is 1. The van der Waals surface area contributed by atoms with Crippen LogP contribution < -0.4 is 16.4 Å². The Morgan fingerprint density at radius 2 is 2.03 bits per heavy atom. The Morgan fingerprint density at radius 1 is 1.24 bits per heavy atom. The van der Waals surface area contributed by atoms with Crippen LogP contribution in [0.25, 0.3) is 10.9 Å². The van der Waals surface area contributed by atoms with Gasteiger partial charge in [-0.2, -0.15) is 10.1 Å². The molecule has 2 heterocycles. The van der Waals surface area contributed by atoms with Gasteiger partial charge in [-0.15, -0.1) is 0 Å². The van der Waals surface area contributed by atoms with Crippen molar-refractivity contribution in [3.8, 4) is 0 Å². The van der Waals surface area contributed by atoms with Crippen molar-refractivity contribution in [1.29, 1.82) is 0 Å². The predicted octanol–water partition coefficient (Wildman–Crippen LogP) is 3.63. The van der Waals surface area contributed by atoms with Crippen LogP contribution in [0.4, 0.5) is 17.5 Å². The van der Waals surface area contributed by atoms with Crippen molar-refractivity contribution in [2.75, 3.05) is 10.6 Å². The van der Waals surface area contributed by atoms with E-state index in [1.807, 2.05) is 48.1 Å². The number of hydrogen-bond donors (Lipinski definition) is 4. The number of aliphatic hydroxyl groups is 1. The van der Waals surface area contributed by atoms with Gasteiger partial charge in [-0.3, -0.25) is 9.48 Å². The molecule has 174 valence electrons. The zero-order chi connectivity index (χ0) is 24.0. The molecular weight excluding hydrogens is 430 g/mol. The normalized spacial score (nSPS) is 17.2. The largest absolute Gasteiger partial charge is 0.390 e. The molecule has 1 aliphatic rings. The van der Waals surface area contributed by atoms with Gasteiger partial charge in [0.05, 0.1) is 29.4 Å². The number of aryl methyl sites for hydroxylation is 1. The van der Waals surface area contributed by atoms with E-state index in [0.717, 1.165) is 33.3 Å². The van der Waals surface area contributed by atoms with Gasteiger partial charge < -0.3 is 21.5 Å². The predicted molar refractivity (Wildman–Crippen MR) is 131 cm³/mol. The molecule has 0 spiro atoms. The number of carbonyl (C=O) groups is 1. The molecule has 9 nitrogen and oxygen atoms in total. The minimum Gasteiger partial charge on any atom is -0.390 e. The molecule has 1 aliphatic carbocycles. The molecule has 0 saturated carbocycles. The van der Waals surface area contributed by atoms with Crippen molar-refractivity contribution in [1.82, 2.24) is 19.7 Å². The van der Waals surface area contributed by atoms with E-state index in [9.17, 15) is 9.90 Å². The molecule has 2 atom stereocenters. The van der Waals surface area contributed by atoms with Crippen molar-refractivity contribution in [2.45, 2.75) is 45.4 Å². The number of nitrogens with two attached hydrogens (primary N) is 1. The molecule has 0 unspecified atom stereocenters. The van der Waals surface area contributed by atoms with Crippen LogP contribution in [-0.2, 0) is 6.42 Å². The van der Waals surface area contributed by atoms with Crippen molar-refractivity contribution in [3.63, 3.8) is 0 Å². The van der Waals surface area contributed by atoms with Crippen molar-refractivity contribution >= 4 is 34.3 Å². The number of hydrogen-bond acceptors (Lipinski definition) is 7. The molecule has 0 saturated heterocycles. The number of amides is 1. The highest BCUT2D eigenvalue weighted by Gasteiger charge is 2.32. The van der Waals surface area contributed by atoms with Gasteiger partial charge in [0.2, 0.25) is 5.95 Å². The van der Waals surface area contributed by atoms with Gasteiger partial charge in [0.25, 0.3) is 5.91 Å². The summed E-state index contributed by atoms with van der Waals surface area (Å²) in [7, 11) is 0. The highest BCUT2D eigenvalue weighted by molar-refractivity contribution is 5.97. The molecule has 4 aromatic rings. The lowest BCUT2D eigenvalue weighted by molar-refractivity contribution is 0.1000. The second-order valence-electron chi connectivity index (χ2n) is 8.95. The molecule has 0 fully saturated rings. The number of primary amides is 1. The van der Waals surface area contributed by atoms with Gasteiger partial charge in [-0.05, 0) is 49.6 Å².